The molecule has 0 radical (unpaired) electrons. The van der Waals surface area contributed by atoms with E-state index < -0.39 is 7.12 Å². The number of hydrogen-bond acceptors (Lipinski definition) is 4. The molecular weight excluding hydrogens is 197 g/mol. The van der Waals surface area contributed by atoms with Crippen molar-refractivity contribution in [1.82, 2.24) is 0 Å². The Morgan fingerprint density at radius 1 is 1.29 bits per heavy atom. The van der Waals surface area contributed by atoms with Crippen molar-refractivity contribution in [3.63, 3.8) is 0 Å². The average Bonchev–Trinajstić information content (AvgIpc) is 2.58. The minimum Gasteiger partial charge on any atom is -0.423 e. The molecule has 0 bridgehead atoms. The Morgan fingerprint density at radius 3 is 2.71 bits per heavy atom. The summed E-state index contributed by atoms with van der Waals surface area (Å²) in [4.78, 5) is 0.629. The van der Waals surface area contributed by atoms with Crippen LogP contribution in [-0.4, -0.2) is 17.2 Å². The molecule has 0 saturated carbocycles. The molecule has 3 nitrogen and oxygen atoms in total. The quantitative estimate of drug-likeness (QED) is 0.661. The van der Waals surface area contributed by atoms with Crippen molar-refractivity contribution < 1.29 is 10.0 Å². The molecule has 14 heavy (non-hydrogen) atoms. The molecule has 2 rings (SSSR count). The summed E-state index contributed by atoms with van der Waals surface area (Å²) in [5, 5.41) is 27.5. The second-order valence-electron chi connectivity index (χ2n) is 2.89. The molecule has 1 heterocycles. The maximum Gasteiger partial charge on any atom is 0.488 e. The van der Waals surface area contributed by atoms with Crippen molar-refractivity contribution in [3.05, 3.63) is 29.1 Å². The lowest BCUT2D eigenvalue weighted by molar-refractivity contribution is 0.426. The summed E-state index contributed by atoms with van der Waals surface area (Å²) in [5.74, 6) is 0. The molecular formula is C9H6BNO2S. The third-order valence-corrected chi connectivity index (χ3v) is 2.95. The largest absolute Gasteiger partial charge is 0.488 e. The first-order valence-corrected chi connectivity index (χ1v) is 4.82. The van der Waals surface area contributed by atoms with Gasteiger partial charge in [0.05, 0.1) is 0 Å². The number of fused-ring (bicyclic) bond motifs is 1. The van der Waals surface area contributed by atoms with Crippen LogP contribution in [0.15, 0.2) is 24.3 Å². The molecule has 0 aliphatic rings. The highest BCUT2D eigenvalue weighted by Gasteiger charge is 2.11. The second-order valence-corrected chi connectivity index (χ2v) is 3.98. The number of benzene rings is 1. The van der Waals surface area contributed by atoms with Crippen LogP contribution in [0.2, 0.25) is 0 Å². The monoisotopic (exact) mass is 203 g/mol. The van der Waals surface area contributed by atoms with Crippen LogP contribution in [0.4, 0.5) is 0 Å². The van der Waals surface area contributed by atoms with Gasteiger partial charge in [0.1, 0.15) is 10.9 Å². The smallest absolute Gasteiger partial charge is 0.423 e. The molecule has 0 unspecified atom stereocenters. The van der Waals surface area contributed by atoms with E-state index in [1.165, 1.54) is 11.3 Å². The van der Waals surface area contributed by atoms with Crippen molar-refractivity contribution in [3.8, 4) is 6.07 Å². The SMILES string of the molecule is N#Cc1cc2ccc(B(O)O)cc2s1. The molecule has 1 aromatic carbocycles. The molecule has 5 heteroatoms. The lowest BCUT2D eigenvalue weighted by Crippen LogP contribution is -2.29. The molecule has 0 aliphatic carbocycles. The van der Waals surface area contributed by atoms with Gasteiger partial charge in [-0.25, -0.2) is 0 Å². The molecule has 0 atom stereocenters. The van der Waals surface area contributed by atoms with Crippen LogP contribution >= 0.6 is 11.3 Å². The first-order chi connectivity index (χ1) is 6.70. The summed E-state index contributed by atoms with van der Waals surface area (Å²) in [7, 11) is -1.45. The topological polar surface area (TPSA) is 64.2 Å². The fraction of sp³-hybridized carbons (Fsp3) is 0. The van der Waals surface area contributed by atoms with Gasteiger partial charge in [0.2, 0.25) is 0 Å². The Kier molecular flexibility index (Phi) is 2.26. The lowest BCUT2D eigenvalue weighted by Gasteiger charge is -1.97. The molecule has 2 aromatic rings. The van der Waals surface area contributed by atoms with Gasteiger partial charge in [-0.1, -0.05) is 12.1 Å². The molecule has 0 saturated heterocycles. The Labute approximate surface area is 85.0 Å². The predicted molar refractivity (Wildman–Crippen MR) is 56.4 cm³/mol. The molecule has 68 valence electrons. The second kappa shape index (κ2) is 3.43. The number of nitriles is 1. The zero-order valence-corrected chi connectivity index (χ0v) is 7.95. The molecule has 0 amide bonds. The number of thiophene rings is 1. The van der Waals surface area contributed by atoms with Gasteiger partial charge < -0.3 is 10.0 Å². The Morgan fingerprint density at radius 2 is 2.07 bits per heavy atom. The van der Waals surface area contributed by atoms with Crippen LogP contribution in [0.3, 0.4) is 0 Å². The van der Waals surface area contributed by atoms with E-state index in [0.717, 1.165) is 10.1 Å². The summed E-state index contributed by atoms with van der Waals surface area (Å²) < 4.78 is 0.896. The minimum atomic E-state index is -1.45. The highest BCUT2D eigenvalue weighted by atomic mass is 32.1. The molecule has 2 N–H and O–H groups in total. The standard InChI is InChI=1S/C9H6BNO2S/c11-5-8-3-6-1-2-7(10(12)13)4-9(6)14-8/h1-4,12-13H. The van der Waals surface area contributed by atoms with Crippen LogP contribution in [0.5, 0.6) is 0 Å². The van der Waals surface area contributed by atoms with Crippen molar-refractivity contribution in [2.45, 2.75) is 0 Å². The Bertz CT molecular complexity index is 515. The van der Waals surface area contributed by atoms with Crippen molar-refractivity contribution in [2.75, 3.05) is 0 Å². The summed E-state index contributed by atoms with van der Waals surface area (Å²) in [5.41, 5.74) is 0.448. The zero-order valence-electron chi connectivity index (χ0n) is 7.14. The zero-order chi connectivity index (χ0) is 10.1. The normalized spacial score (nSPS) is 10.1. The maximum absolute atomic E-state index is 8.94. The van der Waals surface area contributed by atoms with Gasteiger partial charge in [-0.2, -0.15) is 5.26 Å². The highest BCUT2D eigenvalue weighted by molar-refractivity contribution is 7.19. The third kappa shape index (κ3) is 1.51. The minimum absolute atomic E-state index is 0.448. The van der Waals surface area contributed by atoms with Crippen LogP contribution in [0.25, 0.3) is 10.1 Å². The third-order valence-electron chi connectivity index (χ3n) is 1.95. The molecule has 0 aliphatic heterocycles. The first kappa shape index (κ1) is 9.22. The van der Waals surface area contributed by atoms with Crippen LogP contribution in [0.1, 0.15) is 4.88 Å². The molecule has 0 fully saturated rings. The van der Waals surface area contributed by atoms with Gasteiger partial charge in [-0.3, -0.25) is 0 Å². The predicted octanol–water partition coefficient (Wildman–Crippen LogP) is 0.453. The Balaban J connectivity index is 2.61. The van der Waals surface area contributed by atoms with Crippen LogP contribution < -0.4 is 5.46 Å². The fourth-order valence-electron chi connectivity index (χ4n) is 1.26. The number of rotatable bonds is 1. The van der Waals surface area contributed by atoms with Gasteiger partial charge in [0.25, 0.3) is 0 Å². The van der Waals surface area contributed by atoms with Crippen molar-refractivity contribution in [2.24, 2.45) is 0 Å². The van der Waals surface area contributed by atoms with Gasteiger partial charge in [0, 0.05) is 4.70 Å². The van der Waals surface area contributed by atoms with Crippen LogP contribution in [0, 0.1) is 11.3 Å². The lowest BCUT2D eigenvalue weighted by atomic mass is 9.80. The summed E-state index contributed by atoms with van der Waals surface area (Å²) in [6, 6.07) is 8.95. The summed E-state index contributed by atoms with van der Waals surface area (Å²) >= 11 is 1.35. The van der Waals surface area contributed by atoms with Crippen LogP contribution in [-0.2, 0) is 0 Å². The fourth-order valence-corrected chi connectivity index (χ4v) is 2.17. The van der Waals surface area contributed by atoms with E-state index in [-0.39, 0.29) is 0 Å². The van der Waals surface area contributed by atoms with Gasteiger partial charge in [-0.15, -0.1) is 11.3 Å². The first-order valence-electron chi connectivity index (χ1n) is 4.00. The van der Waals surface area contributed by atoms with Gasteiger partial charge in [0.15, 0.2) is 0 Å². The number of nitrogens with zero attached hydrogens (tertiary/aromatic N) is 1. The van der Waals surface area contributed by atoms with E-state index in [1.54, 1.807) is 24.3 Å². The average molecular weight is 203 g/mol. The Hall–Kier alpha value is -1.35. The van der Waals surface area contributed by atoms with Gasteiger partial charge >= 0.3 is 7.12 Å². The van der Waals surface area contributed by atoms with E-state index in [2.05, 4.69) is 6.07 Å². The summed E-state index contributed by atoms with van der Waals surface area (Å²) in [6.45, 7) is 0. The van der Waals surface area contributed by atoms with E-state index in [9.17, 15) is 0 Å². The summed E-state index contributed by atoms with van der Waals surface area (Å²) in [6.07, 6.45) is 0. The molecule has 1 aromatic heterocycles. The van der Waals surface area contributed by atoms with Crippen molar-refractivity contribution in [1.29, 1.82) is 5.26 Å². The van der Waals surface area contributed by atoms with E-state index in [1.807, 2.05) is 0 Å². The van der Waals surface area contributed by atoms with E-state index >= 15 is 0 Å². The highest BCUT2D eigenvalue weighted by Crippen LogP contribution is 2.23. The van der Waals surface area contributed by atoms with E-state index in [0.29, 0.717) is 10.3 Å². The number of hydrogen-bond donors (Lipinski definition) is 2. The van der Waals surface area contributed by atoms with Crippen molar-refractivity contribution >= 4 is 34.0 Å². The molecule has 0 spiro atoms. The van der Waals surface area contributed by atoms with Gasteiger partial charge in [-0.05, 0) is 23.0 Å². The maximum atomic E-state index is 8.94. The van der Waals surface area contributed by atoms with E-state index in [4.69, 9.17) is 15.3 Å².